The van der Waals surface area contributed by atoms with E-state index >= 15 is 0 Å². The monoisotopic (exact) mass is 317 g/mol. The van der Waals surface area contributed by atoms with Crippen LogP contribution in [0.1, 0.15) is 5.56 Å². The van der Waals surface area contributed by atoms with Crippen LogP contribution in [0, 0.1) is 0 Å². The molecule has 1 fully saturated rings. The van der Waals surface area contributed by atoms with Gasteiger partial charge in [0.05, 0.1) is 16.7 Å². The van der Waals surface area contributed by atoms with Crippen LogP contribution in [0.5, 0.6) is 0 Å². The van der Waals surface area contributed by atoms with E-state index in [1.54, 1.807) is 4.90 Å². The summed E-state index contributed by atoms with van der Waals surface area (Å²) in [6, 6.07) is 0.366. The van der Waals surface area contributed by atoms with E-state index in [2.05, 4.69) is 4.98 Å². The summed E-state index contributed by atoms with van der Waals surface area (Å²) in [7, 11) is 0. The van der Waals surface area contributed by atoms with Crippen molar-refractivity contribution in [3.05, 3.63) is 22.8 Å². The predicted octanol–water partition coefficient (Wildman–Crippen LogP) is 1.68. The maximum atomic E-state index is 12.4. The highest BCUT2D eigenvalue weighted by Gasteiger charge is 2.34. The number of aliphatic hydroxyl groups is 1. The number of pyridine rings is 1. The maximum Gasteiger partial charge on any atom is 0.417 e. The number of anilines is 1. The number of nitrogens with zero attached hydrogens (tertiary/aromatic N) is 2. The highest BCUT2D eigenvalue weighted by Crippen LogP contribution is 2.34. The van der Waals surface area contributed by atoms with Crippen LogP contribution < -0.4 is 10.6 Å². The van der Waals surface area contributed by atoms with Gasteiger partial charge in [0.2, 0.25) is 0 Å². The average Bonchev–Trinajstić information content (AvgIpc) is 2.57. The predicted molar refractivity (Wildman–Crippen MR) is 67.7 cm³/mol. The second-order valence-corrected chi connectivity index (χ2v) is 4.57. The lowest BCUT2D eigenvalue weighted by atomic mass is 10.2. The molecule has 19 heavy (non-hydrogen) atoms. The Labute approximate surface area is 118 Å². The van der Waals surface area contributed by atoms with Crippen molar-refractivity contribution in [2.24, 2.45) is 5.73 Å². The molecule has 108 valence electrons. The third-order valence-electron chi connectivity index (χ3n) is 2.78. The zero-order chi connectivity index (χ0) is 13.5. The van der Waals surface area contributed by atoms with Gasteiger partial charge in [0.15, 0.2) is 0 Å². The summed E-state index contributed by atoms with van der Waals surface area (Å²) in [5.74, 6) is 0.205. The van der Waals surface area contributed by atoms with Gasteiger partial charge in [-0.1, -0.05) is 11.6 Å². The van der Waals surface area contributed by atoms with Gasteiger partial charge in [-0.2, -0.15) is 13.2 Å². The van der Waals surface area contributed by atoms with E-state index in [9.17, 15) is 18.3 Å². The first kappa shape index (κ1) is 16.3. The molecule has 1 aliphatic rings. The highest BCUT2D eigenvalue weighted by molar-refractivity contribution is 6.33. The molecular weight excluding hydrogens is 306 g/mol. The Bertz CT molecular complexity index is 448. The van der Waals surface area contributed by atoms with Gasteiger partial charge in [0.1, 0.15) is 5.82 Å². The summed E-state index contributed by atoms with van der Waals surface area (Å²) in [6.07, 6.45) is -4.49. The van der Waals surface area contributed by atoms with Crippen molar-refractivity contribution < 1.29 is 18.3 Å². The molecule has 9 heteroatoms. The topological polar surface area (TPSA) is 62.4 Å². The highest BCUT2D eigenvalue weighted by atomic mass is 35.5. The number of halogens is 5. The van der Waals surface area contributed by atoms with Crippen LogP contribution in [0.2, 0.25) is 5.02 Å². The molecule has 4 nitrogen and oxygen atoms in total. The number of aliphatic hydroxyl groups excluding tert-OH is 1. The number of alkyl halides is 3. The van der Waals surface area contributed by atoms with E-state index in [0.717, 1.165) is 12.3 Å². The molecule has 0 bridgehead atoms. The van der Waals surface area contributed by atoms with Gasteiger partial charge < -0.3 is 15.7 Å². The Hall–Kier alpha value is -0.760. The molecule has 0 amide bonds. The molecule has 0 spiro atoms. The van der Waals surface area contributed by atoms with Gasteiger partial charge in [-0.3, -0.25) is 0 Å². The third-order valence-corrected chi connectivity index (χ3v) is 3.06. The minimum Gasteiger partial charge on any atom is -0.390 e. The minimum absolute atomic E-state index is 0. The molecule has 0 saturated carbocycles. The lowest BCUT2D eigenvalue weighted by molar-refractivity contribution is -0.137. The van der Waals surface area contributed by atoms with Crippen LogP contribution >= 0.6 is 24.0 Å². The van der Waals surface area contributed by atoms with Crippen molar-refractivity contribution in [3.63, 3.8) is 0 Å². The van der Waals surface area contributed by atoms with Gasteiger partial charge in [-0.15, -0.1) is 12.4 Å². The number of rotatable bonds is 1. The first-order chi connectivity index (χ1) is 8.29. The number of aromatic nitrogens is 1. The Balaban J connectivity index is 0.00000180. The Morgan fingerprint density at radius 3 is 2.47 bits per heavy atom. The normalized spacial score (nSPS) is 23.4. The van der Waals surface area contributed by atoms with E-state index in [-0.39, 0.29) is 29.8 Å². The smallest absolute Gasteiger partial charge is 0.390 e. The van der Waals surface area contributed by atoms with Gasteiger partial charge in [-0.25, -0.2) is 4.98 Å². The first-order valence-electron chi connectivity index (χ1n) is 5.20. The van der Waals surface area contributed by atoms with E-state index in [1.807, 2.05) is 0 Å². The largest absolute Gasteiger partial charge is 0.417 e. The van der Waals surface area contributed by atoms with Gasteiger partial charge in [-0.05, 0) is 6.07 Å². The van der Waals surface area contributed by atoms with Crippen LogP contribution in [0.4, 0.5) is 19.0 Å². The first-order valence-corrected chi connectivity index (χ1v) is 5.58. The number of hydrogen-bond donors (Lipinski definition) is 2. The van der Waals surface area contributed by atoms with Crippen molar-refractivity contribution in [2.75, 3.05) is 18.0 Å². The zero-order valence-electron chi connectivity index (χ0n) is 9.56. The molecule has 1 aromatic rings. The molecule has 1 aliphatic heterocycles. The Kier molecular flexibility index (Phi) is 4.89. The molecule has 0 radical (unpaired) electrons. The molecule has 0 aliphatic carbocycles. The summed E-state index contributed by atoms with van der Waals surface area (Å²) in [4.78, 5) is 5.27. The van der Waals surface area contributed by atoms with Crippen LogP contribution in [-0.4, -0.2) is 35.3 Å². The molecule has 1 saturated heterocycles. The van der Waals surface area contributed by atoms with E-state index in [0.29, 0.717) is 6.54 Å². The third kappa shape index (κ3) is 3.42. The van der Waals surface area contributed by atoms with Crippen LogP contribution in [0.25, 0.3) is 0 Å². The van der Waals surface area contributed by atoms with Crippen LogP contribution in [-0.2, 0) is 6.18 Å². The Morgan fingerprint density at radius 1 is 1.42 bits per heavy atom. The van der Waals surface area contributed by atoms with Crippen LogP contribution in [0.3, 0.4) is 0 Å². The lowest BCUT2D eigenvalue weighted by Crippen LogP contribution is -2.32. The van der Waals surface area contributed by atoms with Crippen molar-refractivity contribution in [1.29, 1.82) is 0 Å². The van der Waals surface area contributed by atoms with E-state index in [4.69, 9.17) is 17.3 Å². The summed E-state index contributed by atoms with van der Waals surface area (Å²) in [5, 5.41) is 9.38. The minimum atomic E-state index is -4.48. The van der Waals surface area contributed by atoms with Gasteiger partial charge >= 0.3 is 6.18 Å². The number of hydrogen-bond acceptors (Lipinski definition) is 4. The van der Waals surface area contributed by atoms with Crippen molar-refractivity contribution in [2.45, 2.75) is 18.3 Å². The second-order valence-electron chi connectivity index (χ2n) is 4.16. The standard InChI is InChI=1S/C10H11ClF3N3O.ClH/c11-6-1-5(10(12,13)14)2-16-9(6)17-3-7(15)8(18)4-17;/h1-2,7-8,18H,3-4,15H2;1H. The number of β-amino-alcohol motifs (C(OH)–C–C–N with tert-alkyl or cyclic N) is 1. The molecule has 2 rings (SSSR count). The quantitative estimate of drug-likeness (QED) is 0.827. The fourth-order valence-corrected chi connectivity index (χ4v) is 2.09. The SMILES string of the molecule is Cl.NC1CN(c2ncc(C(F)(F)F)cc2Cl)CC1O. The zero-order valence-corrected chi connectivity index (χ0v) is 11.1. The molecule has 2 heterocycles. The Morgan fingerprint density at radius 2 is 2.05 bits per heavy atom. The van der Waals surface area contributed by atoms with E-state index in [1.165, 1.54) is 0 Å². The molecule has 3 N–H and O–H groups in total. The number of nitrogens with two attached hydrogens (primary N) is 1. The summed E-state index contributed by atoms with van der Waals surface area (Å²) in [5.41, 5.74) is 4.71. The lowest BCUT2D eigenvalue weighted by Gasteiger charge is -2.18. The molecular formula is C10H12Cl2F3N3O. The van der Waals surface area contributed by atoms with Crippen molar-refractivity contribution >= 4 is 29.8 Å². The van der Waals surface area contributed by atoms with Gasteiger partial charge in [0.25, 0.3) is 0 Å². The summed E-state index contributed by atoms with van der Waals surface area (Å²) in [6.45, 7) is 0.512. The van der Waals surface area contributed by atoms with Crippen molar-refractivity contribution in [3.8, 4) is 0 Å². The molecule has 0 aromatic carbocycles. The summed E-state index contributed by atoms with van der Waals surface area (Å²) < 4.78 is 37.3. The van der Waals surface area contributed by atoms with Crippen molar-refractivity contribution in [1.82, 2.24) is 4.98 Å². The molecule has 2 atom stereocenters. The second kappa shape index (κ2) is 5.70. The molecule has 1 aromatic heterocycles. The fourth-order valence-electron chi connectivity index (χ4n) is 1.80. The molecule has 2 unspecified atom stereocenters. The fraction of sp³-hybridized carbons (Fsp3) is 0.500. The van der Waals surface area contributed by atoms with Crippen LogP contribution in [0.15, 0.2) is 12.3 Å². The maximum absolute atomic E-state index is 12.4. The van der Waals surface area contributed by atoms with Gasteiger partial charge in [0, 0.05) is 25.3 Å². The van der Waals surface area contributed by atoms with E-state index < -0.39 is 23.9 Å². The average molecular weight is 318 g/mol. The summed E-state index contributed by atoms with van der Waals surface area (Å²) >= 11 is 5.78.